The lowest BCUT2D eigenvalue weighted by molar-refractivity contribution is -0.0608. The van der Waals surface area contributed by atoms with E-state index >= 15 is 0 Å². The molecule has 0 spiro atoms. The average Bonchev–Trinajstić information content (AvgIpc) is 3.48. The maximum Gasteiger partial charge on any atom is 0.354 e. The third kappa shape index (κ3) is 4.84. The predicted molar refractivity (Wildman–Crippen MR) is 131 cm³/mol. The molecule has 2 aliphatic rings. The second-order valence-corrected chi connectivity index (χ2v) is 9.31. The first kappa shape index (κ1) is 22.6. The van der Waals surface area contributed by atoms with E-state index in [4.69, 9.17) is 21.6 Å². The number of nitrogens with zero attached hydrogens (tertiary/aromatic N) is 2. The van der Waals surface area contributed by atoms with Crippen LogP contribution in [0.25, 0.3) is 16.7 Å². The number of hydrogen-bond acceptors (Lipinski definition) is 6. The van der Waals surface area contributed by atoms with Crippen molar-refractivity contribution >= 4 is 17.0 Å². The van der Waals surface area contributed by atoms with Gasteiger partial charge in [-0.25, -0.2) is 4.79 Å². The molecule has 180 valence electrons. The van der Waals surface area contributed by atoms with Crippen molar-refractivity contribution in [2.75, 3.05) is 19.6 Å². The van der Waals surface area contributed by atoms with Crippen LogP contribution in [0.1, 0.15) is 49.0 Å². The number of nitrogens with two attached hydrogens (primary N) is 2. The Kier molecular flexibility index (Phi) is 6.36. The number of H-pyrrole nitrogens is 1. The van der Waals surface area contributed by atoms with Gasteiger partial charge in [0.25, 0.3) is 0 Å². The molecule has 34 heavy (non-hydrogen) atoms. The molecule has 10 heteroatoms. The molecule has 4 atom stereocenters. The molecule has 0 amide bonds. The zero-order valence-electron chi connectivity index (χ0n) is 19.1. The molecule has 2 unspecified atom stereocenters. The van der Waals surface area contributed by atoms with E-state index in [0.29, 0.717) is 18.1 Å². The van der Waals surface area contributed by atoms with Gasteiger partial charge in [-0.3, -0.25) is 9.98 Å². The summed E-state index contributed by atoms with van der Waals surface area (Å²) in [6.45, 7) is 2.53. The van der Waals surface area contributed by atoms with Crippen molar-refractivity contribution in [3.05, 3.63) is 58.3 Å². The maximum absolute atomic E-state index is 12.7. The minimum absolute atomic E-state index is 0.00681. The van der Waals surface area contributed by atoms with E-state index in [1.807, 2.05) is 30.5 Å². The minimum atomic E-state index is -0.313. The van der Waals surface area contributed by atoms with Crippen molar-refractivity contribution in [3.63, 3.8) is 0 Å². The summed E-state index contributed by atoms with van der Waals surface area (Å²) < 4.78 is 7.87. The summed E-state index contributed by atoms with van der Waals surface area (Å²) in [5.41, 5.74) is 14.9. The second-order valence-electron chi connectivity index (χ2n) is 9.31. The third-order valence-corrected chi connectivity index (χ3v) is 6.79. The first-order valence-electron chi connectivity index (χ1n) is 11.9. The summed E-state index contributed by atoms with van der Waals surface area (Å²) in [5.74, 6) is 0.391. The highest BCUT2D eigenvalue weighted by Gasteiger charge is 2.28. The third-order valence-electron chi connectivity index (χ3n) is 6.79. The monoisotopic (exact) mass is 464 g/mol. The van der Waals surface area contributed by atoms with E-state index in [1.165, 1.54) is 0 Å². The van der Waals surface area contributed by atoms with Crippen LogP contribution in [-0.4, -0.2) is 52.3 Å². The molecule has 3 aromatic rings. The number of nitrogens with one attached hydrogen (secondary N) is 4. The zero-order chi connectivity index (χ0) is 23.7. The van der Waals surface area contributed by atoms with Crippen molar-refractivity contribution in [2.45, 2.75) is 49.9 Å². The minimum Gasteiger partial charge on any atom is -0.370 e. The molecule has 2 aliphatic heterocycles. The Labute approximate surface area is 197 Å². The van der Waals surface area contributed by atoms with Crippen molar-refractivity contribution in [3.8, 4) is 5.69 Å². The Hall–Kier alpha value is -3.21. The van der Waals surface area contributed by atoms with E-state index < -0.39 is 0 Å². The SMILES string of the molecule is N=C(N)NCC[C@H]1CC(N)C[C@H](c2ccc(-n3cc4cc(C5CCNC5)[nH]c4nc3=O)cc2)O1. The first-order valence-corrected chi connectivity index (χ1v) is 11.9. The molecule has 0 radical (unpaired) electrons. The largest absolute Gasteiger partial charge is 0.370 e. The highest BCUT2D eigenvalue weighted by molar-refractivity contribution is 5.76. The van der Waals surface area contributed by atoms with Crippen LogP contribution < -0.4 is 27.8 Å². The molecule has 4 heterocycles. The van der Waals surface area contributed by atoms with Gasteiger partial charge < -0.3 is 31.8 Å². The van der Waals surface area contributed by atoms with Crippen LogP contribution in [0.15, 0.2) is 41.3 Å². The standard InChI is InChI=1S/C24H32N8O2/c25-17-10-19(6-8-29-23(26)27)34-21(11-17)14-1-3-18(4-2-14)32-13-16-9-20(15-5-7-28-12-15)30-22(16)31-24(32)33/h1-4,9,13,15,17,19,21,28H,5-8,10-12,25H2,(H4,26,27,29)(H,30,31,33)/t15?,17?,19-,21+/m0/s1. The van der Waals surface area contributed by atoms with E-state index in [9.17, 15) is 4.79 Å². The zero-order valence-corrected chi connectivity index (χ0v) is 19.1. The van der Waals surface area contributed by atoms with Gasteiger partial charge in [-0.05, 0) is 56.0 Å². The predicted octanol–water partition coefficient (Wildman–Crippen LogP) is 1.21. The van der Waals surface area contributed by atoms with E-state index in [1.54, 1.807) is 4.57 Å². The summed E-state index contributed by atoms with van der Waals surface area (Å²) in [4.78, 5) is 20.3. The lowest BCUT2D eigenvalue weighted by Gasteiger charge is -2.34. The Bertz CT molecular complexity index is 1210. The summed E-state index contributed by atoms with van der Waals surface area (Å²) in [7, 11) is 0. The van der Waals surface area contributed by atoms with Crippen molar-refractivity contribution in [2.24, 2.45) is 11.5 Å². The normalized spacial score (nSPS) is 25.0. The number of ether oxygens (including phenoxy) is 1. The van der Waals surface area contributed by atoms with Crippen LogP contribution >= 0.6 is 0 Å². The van der Waals surface area contributed by atoms with Crippen molar-refractivity contribution in [1.82, 2.24) is 25.2 Å². The van der Waals surface area contributed by atoms with Crippen LogP contribution in [0.3, 0.4) is 0 Å². The van der Waals surface area contributed by atoms with Crippen LogP contribution in [0, 0.1) is 5.41 Å². The van der Waals surface area contributed by atoms with Gasteiger partial charge in [0, 0.05) is 42.3 Å². The Morgan fingerprint density at radius 2 is 2.12 bits per heavy atom. The highest BCUT2D eigenvalue weighted by Crippen LogP contribution is 2.32. The molecule has 1 aromatic carbocycles. The number of benzene rings is 1. The van der Waals surface area contributed by atoms with Gasteiger partial charge in [0.1, 0.15) is 5.65 Å². The molecule has 10 nitrogen and oxygen atoms in total. The van der Waals surface area contributed by atoms with Gasteiger partial charge >= 0.3 is 5.69 Å². The smallest absolute Gasteiger partial charge is 0.354 e. The van der Waals surface area contributed by atoms with E-state index in [-0.39, 0.29) is 29.9 Å². The van der Waals surface area contributed by atoms with Crippen LogP contribution in [0.5, 0.6) is 0 Å². The molecule has 2 saturated heterocycles. The number of fused-ring (bicyclic) bond motifs is 1. The fraction of sp³-hybridized carbons (Fsp3) is 0.458. The number of aromatic amines is 1. The van der Waals surface area contributed by atoms with Gasteiger partial charge in [0.05, 0.1) is 17.9 Å². The van der Waals surface area contributed by atoms with Gasteiger partial charge in [0.2, 0.25) is 0 Å². The molecule has 2 fully saturated rings. The maximum atomic E-state index is 12.7. The van der Waals surface area contributed by atoms with Crippen molar-refractivity contribution < 1.29 is 4.74 Å². The Morgan fingerprint density at radius 3 is 2.85 bits per heavy atom. The number of hydrogen-bond donors (Lipinski definition) is 6. The Balaban J connectivity index is 1.32. The molecule has 5 rings (SSSR count). The quantitative estimate of drug-likeness (QED) is 0.236. The Morgan fingerprint density at radius 1 is 1.29 bits per heavy atom. The van der Waals surface area contributed by atoms with Crippen LogP contribution in [0.4, 0.5) is 0 Å². The fourth-order valence-corrected chi connectivity index (χ4v) is 5.01. The van der Waals surface area contributed by atoms with Gasteiger partial charge in [-0.1, -0.05) is 12.1 Å². The van der Waals surface area contributed by atoms with Crippen LogP contribution in [-0.2, 0) is 4.74 Å². The summed E-state index contributed by atoms with van der Waals surface area (Å²) in [5, 5.41) is 14.4. The topological polar surface area (TPSA) is 160 Å². The molecule has 8 N–H and O–H groups in total. The van der Waals surface area contributed by atoms with E-state index in [2.05, 4.69) is 26.7 Å². The second kappa shape index (κ2) is 9.57. The summed E-state index contributed by atoms with van der Waals surface area (Å²) in [6, 6.07) is 9.98. The van der Waals surface area contributed by atoms with Crippen molar-refractivity contribution in [1.29, 1.82) is 5.41 Å². The van der Waals surface area contributed by atoms with Crippen LogP contribution in [0.2, 0.25) is 0 Å². The lowest BCUT2D eigenvalue weighted by Crippen LogP contribution is -2.39. The number of aromatic nitrogens is 3. The summed E-state index contributed by atoms with van der Waals surface area (Å²) >= 11 is 0. The summed E-state index contributed by atoms with van der Waals surface area (Å²) in [6.07, 6.45) is 5.10. The highest BCUT2D eigenvalue weighted by atomic mass is 16.5. The van der Waals surface area contributed by atoms with E-state index in [0.717, 1.165) is 61.1 Å². The molecular formula is C24H32N8O2. The van der Waals surface area contributed by atoms with Gasteiger partial charge in [-0.15, -0.1) is 0 Å². The average molecular weight is 465 g/mol. The first-order chi connectivity index (χ1) is 16.5. The number of rotatable bonds is 6. The fourth-order valence-electron chi connectivity index (χ4n) is 5.01. The molecule has 0 bridgehead atoms. The van der Waals surface area contributed by atoms with Gasteiger partial charge in [0.15, 0.2) is 5.96 Å². The number of guanidine groups is 1. The molecule has 2 aromatic heterocycles. The molecule has 0 saturated carbocycles. The molecular weight excluding hydrogens is 432 g/mol. The van der Waals surface area contributed by atoms with Gasteiger partial charge in [-0.2, -0.15) is 4.98 Å². The molecule has 0 aliphatic carbocycles. The lowest BCUT2D eigenvalue weighted by atomic mass is 9.93.